The minimum absolute atomic E-state index is 0.0716. The molecular weight excluding hydrogens is 395 g/mol. The summed E-state index contributed by atoms with van der Waals surface area (Å²) in [5, 5.41) is 9.41. The first kappa shape index (κ1) is 18.5. The molecule has 5 nitrogen and oxygen atoms in total. The second-order valence-corrected chi connectivity index (χ2v) is 8.36. The molecule has 1 heterocycles. The van der Waals surface area contributed by atoms with Gasteiger partial charge in [0.15, 0.2) is 5.69 Å². The first-order valence-electron chi connectivity index (χ1n) is 7.45. The lowest BCUT2D eigenvalue weighted by atomic mass is 10.1. The van der Waals surface area contributed by atoms with Gasteiger partial charge in [0, 0.05) is 15.6 Å². The van der Waals surface area contributed by atoms with Crippen LogP contribution in [0.4, 0.5) is 0 Å². The Morgan fingerprint density at radius 2 is 1.85 bits per heavy atom. The van der Waals surface area contributed by atoms with Crippen LogP contribution in [0.1, 0.15) is 16.8 Å². The molecule has 8 heteroatoms. The van der Waals surface area contributed by atoms with Crippen LogP contribution in [0.15, 0.2) is 52.0 Å². The van der Waals surface area contributed by atoms with Gasteiger partial charge in [-0.25, -0.2) is 8.42 Å². The Bertz CT molecular complexity index is 1110. The van der Waals surface area contributed by atoms with Gasteiger partial charge in [0.2, 0.25) is 15.7 Å². The third-order valence-corrected chi connectivity index (χ3v) is 5.76. The summed E-state index contributed by atoms with van der Waals surface area (Å²) in [6.45, 7) is 1.92. The number of hydrogen-bond acceptors (Lipinski definition) is 5. The van der Waals surface area contributed by atoms with Crippen molar-refractivity contribution in [1.82, 2.24) is 4.98 Å². The van der Waals surface area contributed by atoms with Gasteiger partial charge in [-0.15, -0.1) is 0 Å². The van der Waals surface area contributed by atoms with Gasteiger partial charge >= 0.3 is 0 Å². The van der Waals surface area contributed by atoms with Crippen molar-refractivity contribution < 1.29 is 12.8 Å². The monoisotopic (exact) mass is 406 g/mol. The normalized spacial score (nSPS) is 11.3. The summed E-state index contributed by atoms with van der Waals surface area (Å²) in [5.41, 5.74) is 1.68. The zero-order valence-corrected chi connectivity index (χ0v) is 15.9. The van der Waals surface area contributed by atoms with Crippen LogP contribution in [-0.4, -0.2) is 13.4 Å². The number of rotatable bonds is 4. The van der Waals surface area contributed by atoms with E-state index in [1.165, 1.54) is 12.1 Å². The Morgan fingerprint density at radius 1 is 1.15 bits per heavy atom. The Balaban J connectivity index is 2.02. The van der Waals surface area contributed by atoms with Crippen LogP contribution in [0.3, 0.4) is 0 Å². The number of sulfone groups is 1. The predicted molar refractivity (Wildman–Crippen MR) is 98.7 cm³/mol. The zero-order valence-electron chi connectivity index (χ0n) is 13.5. The molecule has 0 aliphatic heterocycles. The highest BCUT2D eigenvalue weighted by molar-refractivity contribution is 7.90. The summed E-state index contributed by atoms with van der Waals surface area (Å²) in [6, 6.07) is 13.5. The molecule has 0 atom stereocenters. The molecule has 0 fully saturated rings. The summed E-state index contributed by atoms with van der Waals surface area (Å²) < 4.78 is 30.9. The van der Waals surface area contributed by atoms with Crippen molar-refractivity contribution in [1.29, 1.82) is 5.26 Å². The molecule has 3 rings (SSSR count). The lowest BCUT2D eigenvalue weighted by Gasteiger charge is -2.05. The third-order valence-electron chi connectivity index (χ3n) is 3.64. The summed E-state index contributed by atoms with van der Waals surface area (Å²) in [4.78, 5) is 4.01. The fourth-order valence-corrected chi connectivity index (χ4v) is 4.25. The van der Waals surface area contributed by atoms with E-state index in [2.05, 4.69) is 4.98 Å². The minimum Gasteiger partial charge on any atom is -0.423 e. The van der Waals surface area contributed by atoms with Crippen LogP contribution < -0.4 is 0 Å². The standard InChI is InChI=1S/C18H12Cl2N2O3S/c1-11-2-4-12(5-3-11)17-22-16(9-21)18(25-17)26(23,24)10-13-6-7-14(19)8-15(13)20/h2-8H,10H2,1H3. The molecule has 0 unspecified atom stereocenters. The SMILES string of the molecule is Cc1ccc(-c2nc(C#N)c(S(=O)(=O)Cc3ccc(Cl)cc3Cl)o2)cc1. The molecule has 0 bridgehead atoms. The molecule has 0 radical (unpaired) electrons. The van der Waals surface area contributed by atoms with Crippen molar-refractivity contribution in [3.63, 3.8) is 0 Å². The van der Waals surface area contributed by atoms with Gasteiger partial charge in [-0.3, -0.25) is 0 Å². The highest BCUT2D eigenvalue weighted by atomic mass is 35.5. The Morgan fingerprint density at radius 3 is 2.46 bits per heavy atom. The molecule has 1 aromatic heterocycles. The highest BCUT2D eigenvalue weighted by Gasteiger charge is 2.28. The van der Waals surface area contributed by atoms with Gasteiger partial charge < -0.3 is 4.42 Å². The maximum absolute atomic E-state index is 12.7. The smallest absolute Gasteiger partial charge is 0.257 e. The summed E-state index contributed by atoms with van der Waals surface area (Å²) in [5.74, 6) is -0.359. The Hall–Kier alpha value is -2.33. The van der Waals surface area contributed by atoms with Crippen molar-refractivity contribution in [3.8, 4) is 17.5 Å². The van der Waals surface area contributed by atoms with Crippen molar-refractivity contribution in [2.45, 2.75) is 17.8 Å². The van der Waals surface area contributed by atoms with Crippen LogP contribution in [0.25, 0.3) is 11.5 Å². The van der Waals surface area contributed by atoms with E-state index in [0.29, 0.717) is 16.1 Å². The summed E-state index contributed by atoms with van der Waals surface area (Å²) >= 11 is 11.9. The number of nitriles is 1. The second-order valence-electron chi connectivity index (χ2n) is 5.63. The first-order chi connectivity index (χ1) is 12.3. The van der Waals surface area contributed by atoms with Crippen molar-refractivity contribution >= 4 is 33.0 Å². The molecule has 0 saturated heterocycles. The van der Waals surface area contributed by atoms with Crippen molar-refractivity contribution in [2.75, 3.05) is 0 Å². The highest BCUT2D eigenvalue weighted by Crippen LogP contribution is 2.29. The molecule has 0 aliphatic carbocycles. The first-order valence-corrected chi connectivity index (χ1v) is 9.85. The van der Waals surface area contributed by atoms with E-state index in [-0.39, 0.29) is 16.6 Å². The van der Waals surface area contributed by atoms with Gasteiger partial charge in [0.05, 0.1) is 5.75 Å². The molecule has 0 amide bonds. The van der Waals surface area contributed by atoms with Crippen molar-refractivity contribution in [3.05, 3.63) is 69.3 Å². The van der Waals surface area contributed by atoms with E-state index < -0.39 is 20.7 Å². The molecule has 0 aliphatic rings. The number of halogens is 2. The van der Waals surface area contributed by atoms with Crippen LogP contribution in [0.2, 0.25) is 10.0 Å². The second kappa shape index (κ2) is 7.12. The number of hydrogen-bond donors (Lipinski definition) is 0. The third kappa shape index (κ3) is 3.75. The Labute approximate surface area is 160 Å². The number of aromatic nitrogens is 1. The van der Waals surface area contributed by atoms with Crippen molar-refractivity contribution in [2.24, 2.45) is 0 Å². The van der Waals surface area contributed by atoms with E-state index in [9.17, 15) is 13.7 Å². The molecule has 3 aromatic rings. The average molecular weight is 407 g/mol. The molecular formula is C18H12Cl2N2O3S. The molecule has 26 heavy (non-hydrogen) atoms. The molecule has 2 aromatic carbocycles. The average Bonchev–Trinajstić information content (AvgIpc) is 3.03. The number of benzene rings is 2. The Kier molecular flexibility index (Phi) is 5.05. The van der Waals surface area contributed by atoms with Gasteiger partial charge in [-0.1, -0.05) is 47.0 Å². The fourth-order valence-electron chi connectivity index (χ4n) is 2.32. The number of nitrogens with zero attached hydrogens (tertiary/aromatic N) is 2. The van der Waals surface area contributed by atoms with Gasteiger partial charge in [-0.05, 0) is 36.8 Å². The quantitative estimate of drug-likeness (QED) is 0.620. The van der Waals surface area contributed by atoms with E-state index in [0.717, 1.165) is 5.56 Å². The lowest BCUT2D eigenvalue weighted by Crippen LogP contribution is -2.06. The predicted octanol–water partition coefficient (Wildman–Crippen LogP) is 4.80. The molecule has 0 N–H and O–H groups in total. The van der Waals surface area contributed by atoms with Crippen LogP contribution in [0.5, 0.6) is 0 Å². The molecule has 0 saturated carbocycles. The van der Waals surface area contributed by atoms with E-state index in [1.807, 2.05) is 19.1 Å². The van der Waals surface area contributed by atoms with E-state index in [1.54, 1.807) is 24.3 Å². The van der Waals surface area contributed by atoms with Crippen LogP contribution in [0, 0.1) is 18.3 Å². The summed E-state index contributed by atoms with van der Waals surface area (Å²) in [6.07, 6.45) is 0. The number of aryl methyl sites for hydroxylation is 1. The largest absolute Gasteiger partial charge is 0.423 e. The maximum Gasteiger partial charge on any atom is 0.257 e. The van der Waals surface area contributed by atoms with Crippen LogP contribution >= 0.6 is 23.2 Å². The van der Waals surface area contributed by atoms with Gasteiger partial charge in [0.25, 0.3) is 5.09 Å². The topological polar surface area (TPSA) is 84.0 Å². The lowest BCUT2D eigenvalue weighted by molar-refractivity contribution is 0.457. The maximum atomic E-state index is 12.7. The van der Waals surface area contributed by atoms with Gasteiger partial charge in [0.1, 0.15) is 6.07 Å². The summed E-state index contributed by atoms with van der Waals surface area (Å²) in [7, 11) is -3.97. The van der Waals surface area contributed by atoms with E-state index in [4.69, 9.17) is 27.6 Å². The molecule has 0 spiro atoms. The minimum atomic E-state index is -3.97. The molecule has 132 valence electrons. The van der Waals surface area contributed by atoms with E-state index >= 15 is 0 Å². The fraction of sp³-hybridized carbons (Fsp3) is 0.111. The van der Waals surface area contributed by atoms with Gasteiger partial charge in [-0.2, -0.15) is 10.2 Å². The van der Waals surface area contributed by atoms with Crippen LogP contribution in [-0.2, 0) is 15.6 Å². The zero-order chi connectivity index (χ0) is 18.9. The number of oxazole rings is 1.